The standard InChI is InChI=1S/C16H21NO2/c1-12(2)10-16(18)17-9-5-8-15(17)13-6-4-7-14(11-13)19-3/h4,6-7,10-11,15H,5,8-9H2,1-3H3/t15-/m1/s1. The lowest BCUT2D eigenvalue weighted by molar-refractivity contribution is -0.126. The van der Waals surface area contributed by atoms with Crippen molar-refractivity contribution in [2.45, 2.75) is 32.7 Å². The van der Waals surface area contributed by atoms with Crippen molar-refractivity contribution in [1.82, 2.24) is 4.90 Å². The van der Waals surface area contributed by atoms with Crippen LogP contribution in [0.1, 0.15) is 38.3 Å². The van der Waals surface area contributed by atoms with Crippen LogP contribution in [0.3, 0.4) is 0 Å². The molecule has 0 spiro atoms. The summed E-state index contributed by atoms with van der Waals surface area (Å²) in [7, 11) is 1.67. The monoisotopic (exact) mass is 259 g/mol. The lowest BCUT2D eigenvalue weighted by Crippen LogP contribution is -2.29. The first-order chi connectivity index (χ1) is 9.11. The molecule has 1 heterocycles. The molecule has 1 aromatic rings. The molecule has 1 aliphatic heterocycles. The Hall–Kier alpha value is -1.77. The summed E-state index contributed by atoms with van der Waals surface area (Å²) >= 11 is 0. The molecule has 0 bridgehead atoms. The highest BCUT2D eigenvalue weighted by Gasteiger charge is 2.28. The number of rotatable bonds is 3. The van der Waals surface area contributed by atoms with E-state index >= 15 is 0 Å². The molecule has 3 nitrogen and oxygen atoms in total. The molecule has 2 rings (SSSR count). The zero-order valence-corrected chi connectivity index (χ0v) is 11.8. The lowest BCUT2D eigenvalue weighted by atomic mass is 10.0. The first-order valence-electron chi connectivity index (χ1n) is 6.71. The Balaban J connectivity index is 2.22. The van der Waals surface area contributed by atoms with E-state index in [1.54, 1.807) is 13.2 Å². The molecular formula is C16H21NO2. The van der Waals surface area contributed by atoms with E-state index in [4.69, 9.17) is 4.74 Å². The van der Waals surface area contributed by atoms with Crippen molar-refractivity contribution in [3.8, 4) is 5.75 Å². The number of nitrogens with zero attached hydrogens (tertiary/aromatic N) is 1. The molecule has 1 aliphatic rings. The number of amides is 1. The minimum absolute atomic E-state index is 0.116. The summed E-state index contributed by atoms with van der Waals surface area (Å²) in [4.78, 5) is 14.2. The first kappa shape index (κ1) is 13.7. The predicted octanol–water partition coefficient (Wildman–Crippen LogP) is 3.32. The van der Waals surface area contributed by atoms with Crippen LogP contribution < -0.4 is 4.74 Å². The van der Waals surface area contributed by atoms with Gasteiger partial charge in [-0.2, -0.15) is 0 Å². The molecule has 102 valence electrons. The third kappa shape index (κ3) is 3.16. The highest BCUT2D eigenvalue weighted by atomic mass is 16.5. The second-order valence-corrected chi connectivity index (χ2v) is 5.19. The fraction of sp³-hybridized carbons (Fsp3) is 0.438. The van der Waals surface area contributed by atoms with Crippen molar-refractivity contribution < 1.29 is 9.53 Å². The van der Waals surface area contributed by atoms with E-state index in [1.807, 2.05) is 36.9 Å². The molecule has 1 fully saturated rings. The van der Waals surface area contributed by atoms with Crippen LogP contribution in [-0.2, 0) is 4.79 Å². The van der Waals surface area contributed by atoms with Gasteiger partial charge in [0.15, 0.2) is 0 Å². The predicted molar refractivity (Wildman–Crippen MR) is 76.1 cm³/mol. The number of ether oxygens (including phenoxy) is 1. The van der Waals surface area contributed by atoms with Gasteiger partial charge in [-0.05, 0) is 44.4 Å². The van der Waals surface area contributed by atoms with Crippen LogP contribution in [0, 0.1) is 0 Å². The van der Waals surface area contributed by atoms with Crippen LogP contribution in [0.4, 0.5) is 0 Å². The summed E-state index contributed by atoms with van der Waals surface area (Å²) < 4.78 is 5.26. The number of benzene rings is 1. The van der Waals surface area contributed by atoms with Crippen molar-refractivity contribution in [2.24, 2.45) is 0 Å². The summed E-state index contributed by atoms with van der Waals surface area (Å²) in [5, 5.41) is 0. The second kappa shape index (κ2) is 5.91. The second-order valence-electron chi connectivity index (χ2n) is 5.19. The summed E-state index contributed by atoms with van der Waals surface area (Å²) in [6.45, 7) is 4.74. The number of carbonyl (C=O) groups is 1. The van der Waals surface area contributed by atoms with Gasteiger partial charge in [0.2, 0.25) is 5.91 Å². The minimum atomic E-state index is 0.116. The maximum absolute atomic E-state index is 12.2. The summed E-state index contributed by atoms with van der Waals surface area (Å²) in [6, 6.07) is 8.19. The summed E-state index contributed by atoms with van der Waals surface area (Å²) in [5.41, 5.74) is 2.20. The number of hydrogen-bond acceptors (Lipinski definition) is 2. The SMILES string of the molecule is COc1cccc([C@H]2CCCN2C(=O)C=C(C)C)c1. The Morgan fingerprint density at radius 1 is 1.42 bits per heavy atom. The Bertz CT molecular complexity index is 489. The van der Waals surface area contributed by atoms with Crippen molar-refractivity contribution in [3.05, 3.63) is 41.5 Å². The number of methoxy groups -OCH3 is 1. The van der Waals surface area contributed by atoms with Crippen molar-refractivity contribution in [3.63, 3.8) is 0 Å². The number of hydrogen-bond donors (Lipinski definition) is 0. The first-order valence-corrected chi connectivity index (χ1v) is 6.71. The summed E-state index contributed by atoms with van der Waals surface area (Å²) in [6.07, 6.45) is 3.80. The largest absolute Gasteiger partial charge is 0.497 e. The van der Waals surface area contributed by atoms with Crippen LogP contribution in [0.25, 0.3) is 0 Å². The van der Waals surface area contributed by atoms with E-state index in [0.29, 0.717) is 0 Å². The van der Waals surface area contributed by atoms with Crippen LogP contribution >= 0.6 is 0 Å². The topological polar surface area (TPSA) is 29.5 Å². The Labute approximate surface area is 114 Å². The third-order valence-electron chi connectivity index (χ3n) is 3.43. The zero-order chi connectivity index (χ0) is 13.8. The Morgan fingerprint density at radius 2 is 2.21 bits per heavy atom. The molecule has 0 N–H and O–H groups in total. The van der Waals surface area contributed by atoms with E-state index < -0.39 is 0 Å². The average Bonchev–Trinajstić information content (AvgIpc) is 2.87. The molecule has 1 saturated heterocycles. The third-order valence-corrected chi connectivity index (χ3v) is 3.43. The lowest BCUT2D eigenvalue weighted by Gasteiger charge is -2.24. The molecule has 0 radical (unpaired) electrons. The molecule has 3 heteroatoms. The van der Waals surface area contributed by atoms with Gasteiger partial charge in [-0.25, -0.2) is 0 Å². The fourth-order valence-corrected chi connectivity index (χ4v) is 2.56. The molecule has 1 atom stereocenters. The molecule has 0 aliphatic carbocycles. The Morgan fingerprint density at radius 3 is 2.89 bits per heavy atom. The molecule has 19 heavy (non-hydrogen) atoms. The van der Waals surface area contributed by atoms with Crippen LogP contribution in [0.15, 0.2) is 35.9 Å². The maximum atomic E-state index is 12.2. The minimum Gasteiger partial charge on any atom is -0.497 e. The molecule has 1 amide bonds. The van der Waals surface area contributed by atoms with Crippen molar-refractivity contribution in [1.29, 1.82) is 0 Å². The van der Waals surface area contributed by atoms with E-state index in [-0.39, 0.29) is 11.9 Å². The highest BCUT2D eigenvalue weighted by molar-refractivity contribution is 5.88. The van der Waals surface area contributed by atoms with Crippen molar-refractivity contribution in [2.75, 3.05) is 13.7 Å². The maximum Gasteiger partial charge on any atom is 0.246 e. The zero-order valence-electron chi connectivity index (χ0n) is 11.8. The van der Waals surface area contributed by atoms with Gasteiger partial charge >= 0.3 is 0 Å². The molecular weight excluding hydrogens is 238 g/mol. The fourth-order valence-electron chi connectivity index (χ4n) is 2.56. The van der Waals surface area contributed by atoms with E-state index in [9.17, 15) is 4.79 Å². The van der Waals surface area contributed by atoms with E-state index in [1.165, 1.54) is 0 Å². The van der Waals surface area contributed by atoms with Gasteiger partial charge in [-0.3, -0.25) is 4.79 Å². The van der Waals surface area contributed by atoms with Gasteiger partial charge in [-0.1, -0.05) is 17.7 Å². The van der Waals surface area contributed by atoms with E-state index in [2.05, 4.69) is 6.07 Å². The van der Waals surface area contributed by atoms with Gasteiger partial charge in [0.1, 0.15) is 5.75 Å². The number of carbonyl (C=O) groups excluding carboxylic acids is 1. The summed E-state index contributed by atoms with van der Waals surface area (Å²) in [5.74, 6) is 0.962. The van der Waals surface area contributed by atoms with Gasteiger partial charge in [0.05, 0.1) is 13.2 Å². The highest BCUT2D eigenvalue weighted by Crippen LogP contribution is 2.33. The normalized spacial score (nSPS) is 18.3. The van der Waals surface area contributed by atoms with Crippen molar-refractivity contribution >= 4 is 5.91 Å². The Kier molecular flexibility index (Phi) is 4.25. The molecule has 0 aromatic heterocycles. The van der Waals surface area contributed by atoms with Gasteiger partial charge in [0, 0.05) is 12.6 Å². The van der Waals surface area contributed by atoms with Gasteiger partial charge in [-0.15, -0.1) is 0 Å². The molecule has 0 unspecified atom stereocenters. The number of likely N-dealkylation sites (tertiary alicyclic amines) is 1. The van der Waals surface area contributed by atoms with Gasteiger partial charge in [0.25, 0.3) is 0 Å². The van der Waals surface area contributed by atoms with Gasteiger partial charge < -0.3 is 9.64 Å². The van der Waals surface area contributed by atoms with Crippen LogP contribution in [0.2, 0.25) is 0 Å². The van der Waals surface area contributed by atoms with E-state index in [0.717, 1.165) is 36.3 Å². The average molecular weight is 259 g/mol. The quantitative estimate of drug-likeness (QED) is 0.779. The van der Waals surface area contributed by atoms with Crippen LogP contribution in [-0.4, -0.2) is 24.5 Å². The van der Waals surface area contributed by atoms with Crippen LogP contribution in [0.5, 0.6) is 5.75 Å². The number of allylic oxidation sites excluding steroid dienone is 1. The molecule has 1 aromatic carbocycles. The molecule has 0 saturated carbocycles. The smallest absolute Gasteiger partial charge is 0.246 e.